The maximum Gasteiger partial charge on any atom is 0.192 e. The molecule has 0 spiro atoms. The van der Waals surface area contributed by atoms with E-state index in [-0.39, 0.29) is 29.2 Å². The zero-order chi connectivity index (χ0) is 23.9. The van der Waals surface area contributed by atoms with Crippen LogP contribution >= 0.6 is 0 Å². The molecule has 1 saturated heterocycles. The lowest BCUT2D eigenvalue weighted by molar-refractivity contribution is 0.331. The summed E-state index contributed by atoms with van der Waals surface area (Å²) in [6.45, 7) is 0.919. The average Bonchev–Trinajstić information content (AvgIpc) is 3.57. The lowest BCUT2D eigenvalue weighted by atomic mass is 9.96. The van der Waals surface area contributed by atoms with Crippen LogP contribution in [0.1, 0.15) is 18.9 Å². The first-order chi connectivity index (χ1) is 16.3. The minimum absolute atomic E-state index is 0.00633. The van der Waals surface area contributed by atoms with E-state index < -0.39 is 15.7 Å². The number of hydrogen-bond acceptors (Lipinski definition) is 8. The van der Waals surface area contributed by atoms with Crippen molar-refractivity contribution in [3.05, 3.63) is 48.9 Å². The van der Waals surface area contributed by atoms with Gasteiger partial charge in [0.2, 0.25) is 0 Å². The third-order valence-corrected chi connectivity index (χ3v) is 7.11. The molecule has 5 rings (SSSR count). The molecule has 4 aromatic heterocycles. The Morgan fingerprint density at radius 1 is 1.32 bits per heavy atom. The van der Waals surface area contributed by atoms with Gasteiger partial charge in [0.15, 0.2) is 26.5 Å². The second kappa shape index (κ2) is 8.49. The lowest BCUT2D eigenvalue weighted by Crippen LogP contribution is -2.26. The number of halogens is 1. The van der Waals surface area contributed by atoms with Crippen molar-refractivity contribution >= 4 is 26.7 Å². The van der Waals surface area contributed by atoms with Crippen molar-refractivity contribution in [2.45, 2.75) is 23.9 Å². The molecular formula is C22H21FN8O2S. The Bertz CT molecular complexity index is 1510. The normalized spacial score (nSPS) is 17.2. The Morgan fingerprint density at radius 3 is 2.97 bits per heavy atom. The van der Waals surface area contributed by atoms with E-state index in [0.29, 0.717) is 19.5 Å². The van der Waals surface area contributed by atoms with Crippen molar-refractivity contribution in [3.8, 4) is 17.3 Å². The number of anilines is 1. The minimum Gasteiger partial charge on any atom is -0.354 e. The zero-order valence-corrected chi connectivity index (χ0v) is 19.1. The quantitative estimate of drug-likeness (QED) is 0.445. The SMILES string of the molecule is CS(=O)(=O)c1ccc(F)c(N2CCC([C@H](CC#N)n3cc(-c4ncnc5[nH]ccc45)cn3)C2)n1. The number of aromatic amines is 1. The molecule has 2 atom stereocenters. The fourth-order valence-corrected chi connectivity index (χ4v) is 5.02. The monoisotopic (exact) mass is 480 g/mol. The fourth-order valence-electron chi connectivity index (χ4n) is 4.45. The number of nitriles is 1. The fraction of sp³-hybridized carbons (Fsp3) is 0.318. The number of H-pyrrole nitrogens is 1. The second-order valence-electron chi connectivity index (χ2n) is 8.32. The summed E-state index contributed by atoms with van der Waals surface area (Å²) in [6.07, 6.45) is 8.81. The molecule has 0 aliphatic carbocycles. The molecule has 0 aromatic carbocycles. The number of rotatable bonds is 6. The van der Waals surface area contributed by atoms with Gasteiger partial charge in [0.05, 0.1) is 30.4 Å². The number of aromatic nitrogens is 6. The summed E-state index contributed by atoms with van der Waals surface area (Å²) in [6, 6.07) is 6.18. The van der Waals surface area contributed by atoms with Crippen molar-refractivity contribution < 1.29 is 12.8 Å². The molecule has 1 unspecified atom stereocenters. The van der Waals surface area contributed by atoms with E-state index in [0.717, 1.165) is 34.6 Å². The van der Waals surface area contributed by atoms with Crippen molar-refractivity contribution in [1.29, 1.82) is 5.26 Å². The van der Waals surface area contributed by atoms with Crippen LogP contribution in [0.5, 0.6) is 0 Å². The van der Waals surface area contributed by atoms with Crippen LogP contribution in [0.25, 0.3) is 22.3 Å². The van der Waals surface area contributed by atoms with E-state index in [4.69, 9.17) is 0 Å². The van der Waals surface area contributed by atoms with Crippen LogP contribution in [0, 0.1) is 23.1 Å². The van der Waals surface area contributed by atoms with E-state index in [9.17, 15) is 18.1 Å². The molecule has 0 bridgehead atoms. The Labute approximate surface area is 195 Å². The van der Waals surface area contributed by atoms with Crippen LogP contribution in [-0.4, -0.2) is 57.5 Å². The highest BCUT2D eigenvalue weighted by Crippen LogP contribution is 2.34. The third kappa shape index (κ3) is 3.99. The summed E-state index contributed by atoms with van der Waals surface area (Å²) in [5.41, 5.74) is 2.27. The van der Waals surface area contributed by atoms with E-state index in [1.54, 1.807) is 22.0 Å². The van der Waals surface area contributed by atoms with E-state index in [1.807, 2.05) is 12.3 Å². The Morgan fingerprint density at radius 2 is 2.18 bits per heavy atom. The molecule has 12 heteroatoms. The first-order valence-electron chi connectivity index (χ1n) is 10.7. The van der Waals surface area contributed by atoms with Gasteiger partial charge in [-0.25, -0.2) is 27.8 Å². The van der Waals surface area contributed by atoms with Gasteiger partial charge < -0.3 is 9.88 Å². The molecule has 0 radical (unpaired) electrons. The van der Waals surface area contributed by atoms with Crippen LogP contribution in [-0.2, 0) is 9.84 Å². The third-order valence-electron chi connectivity index (χ3n) is 6.12. The molecule has 1 aliphatic rings. The number of hydrogen-bond donors (Lipinski definition) is 1. The van der Waals surface area contributed by atoms with Gasteiger partial charge in [0.25, 0.3) is 0 Å². The molecule has 34 heavy (non-hydrogen) atoms. The first-order valence-corrected chi connectivity index (χ1v) is 12.6. The summed E-state index contributed by atoms with van der Waals surface area (Å²) < 4.78 is 40.0. The minimum atomic E-state index is -3.56. The van der Waals surface area contributed by atoms with Crippen LogP contribution in [0.4, 0.5) is 10.2 Å². The molecule has 174 valence electrons. The van der Waals surface area contributed by atoms with Gasteiger partial charge in [0, 0.05) is 48.6 Å². The van der Waals surface area contributed by atoms with Crippen molar-refractivity contribution in [3.63, 3.8) is 0 Å². The lowest BCUT2D eigenvalue weighted by Gasteiger charge is -2.23. The Balaban J connectivity index is 1.42. The van der Waals surface area contributed by atoms with Crippen molar-refractivity contribution in [1.82, 2.24) is 29.7 Å². The number of fused-ring (bicyclic) bond motifs is 1. The zero-order valence-electron chi connectivity index (χ0n) is 18.3. The Kier molecular flexibility index (Phi) is 5.49. The standard InChI is InChI=1S/C22H21FN8O2S/c1-34(32,33)19-3-2-17(23)22(29-19)30-9-6-14(11-30)18(4-7-24)31-12-15(10-28-31)20-16-5-8-25-21(16)27-13-26-20/h2-3,5,8,10,12-14,18H,4,6,9,11H2,1H3,(H,25,26,27)/t14?,18-/m0/s1. The molecule has 1 N–H and O–H groups in total. The van der Waals surface area contributed by atoms with Crippen molar-refractivity contribution in [2.24, 2.45) is 5.92 Å². The summed E-state index contributed by atoms with van der Waals surface area (Å²) >= 11 is 0. The first kappa shape index (κ1) is 22.0. The van der Waals surface area contributed by atoms with Gasteiger partial charge in [-0.15, -0.1) is 0 Å². The van der Waals surface area contributed by atoms with Crippen LogP contribution in [0.15, 0.2) is 48.1 Å². The van der Waals surface area contributed by atoms with E-state index >= 15 is 0 Å². The largest absolute Gasteiger partial charge is 0.354 e. The van der Waals surface area contributed by atoms with Gasteiger partial charge in [0.1, 0.15) is 12.0 Å². The molecule has 4 aromatic rings. The molecule has 0 saturated carbocycles. The predicted octanol–water partition coefficient (Wildman–Crippen LogP) is 2.74. The number of nitrogens with one attached hydrogen (secondary N) is 1. The van der Waals surface area contributed by atoms with Gasteiger partial charge in [-0.1, -0.05) is 0 Å². The molecular weight excluding hydrogens is 459 g/mol. The molecule has 5 heterocycles. The molecule has 0 amide bonds. The maximum absolute atomic E-state index is 14.5. The van der Waals surface area contributed by atoms with E-state index in [1.165, 1.54) is 12.4 Å². The highest BCUT2D eigenvalue weighted by molar-refractivity contribution is 7.90. The highest BCUT2D eigenvalue weighted by Gasteiger charge is 2.33. The highest BCUT2D eigenvalue weighted by atomic mass is 32.2. The molecule has 10 nitrogen and oxygen atoms in total. The van der Waals surface area contributed by atoms with E-state index in [2.05, 4.69) is 31.1 Å². The van der Waals surface area contributed by atoms with Gasteiger partial charge in [-0.05, 0) is 24.6 Å². The second-order valence-corrected chi connectivity index (χ2v) is 10.3. The van der Waals surface area contributed by atoms with Crippen LogP contribution in [0.2, 0.25) is 0 Å². The summed E-state index contributed by atoms with van der Waals surface area (Å²) in [7, 11) is -3.56. The number of nitrogens with zero attached hydrogens (tertiary/aromatic N) is 7. The summed E-state index contributed by atoms with van der Waals surface area (Å²) in [5.74, 6) is -0.572. The summed E-state index contributed by atoms with van der Waals surface area (Å²) in [5, 5.41) is 14.7. The molecule has 1 aliphatic heterocycles. The van der Waals surface area contributed by atoms with Crippen molar-refractivity contribution in [2.75, 3.05) is 24.2 Å². The predicted molar refractivity (Wildman–Crippen MR) is 122 cm³/mol. The smallest absolute Gasteiger partial charge is 0.192 e. The van der Waals surface area contributed by atoms with Gasteiger partial charge >= 0.3 is 0 Å². The Hall–Kier alpha value is -3.85. The number of sulfone groups is 1. The molecule has 1 fully saturated rings. The topological polar surface area (TPSA) is 133 Å². The summed E-state index contributed by atoms with van der Waals surface area (Å²) in [4.78, 5) is 17.5. The van der Waals surface area contributed by atoms with Gasteiger partial charge in [-0.3, -0.25) is 4.68 Å². The average molecular weight is 481 g/mol. The van der Waals surface area contributed by atoms with Gasteiger partial charge in [-0.2, -0.15) is 10.4 Å². The number of pyridine rings is 1. The maximum atomic E-state index is 14.5. The van der Waals surface area contributed by atoms with Crippen LogP contribution < -0.4 is 4.90 Å². The van der Waals surface area contributed by atoms with Crippen LogP contribution in [0.3, 0.4) is 0 Å².